The lowest BCUT2D eigenvalue weighted by Crippen LogP contribution is -2.48. The fraction of sp³-hybridized carbons (Fsp3) is 0.333. The van der Waals surface area contributed by atoms with Crippen molar-refractivity contribution in [3.8, 4) is 0 Å². The van der Waals surface area contributed by atoms with Gasteiger partial charge in [0.1, 0.15) is 11.4 Å². The third-order valence-corrected chi connectivity index (χ3v) is 6.88. The van der Waals surface area contributed by atoms with Crippen LogP contribution in [0.15, 0.2) is 47.4 Å². The first-order chi connectivity index (χ1) is 17.2. The van der Waals surface area contributed by atoms with E-state index >= 15 is 4.39 Å². The Kier molecular flexibility index (Phi) is 6.07. The third-order valence-electron chi connectivity index (χ3n) is 6.88. The number of aromatic nitrogens is 1. The largest absolute Gasteiger partial charge is 0.366 e. The molecule has 0 spiro atoms. The van der Waals surface area contributed by atoms with Gasteiger partial charge < -0.3 is 19.7 Å². The number of rotatable bonds is 5. The Morgan fingerprint density at radius 2 is 1.72 bits per heavy atom. The number of benzene rings is 2. The van der Waals surface area contributed by atoms with Crippen LogP contribution in [0.4, 0.5) is 15.8 Å². The first-order valence-corrected chi connectivity index (χ1v) is 12.0. The van der Waals surface area contributed by atoms with Crippen LogP contribution in [-0.2, 0) is 4.79 Å². The van der Waals surface area contributed by atoms with Gasteiger partial charge in [-0.2, -0.15) is 0 Å². The number of hydrogen-bond donors (Lipinski definition) is 1. The summed E-state index contributed by atoms with van der Waals surface area (Å²) >= 11 is 0. The normalized spacial score (nSPS) is 15.8. The van der Waals surface area contributed by atoms with Crippen molar-refractivity contribution in [2.45, 2.75) is 32.7 Å². The molecule has 2 aliphatic rings. The molecule has 2 amide bonds. The Morgan fingerprint density at radius 1 is 1.00 bits per heavy atom. The molecule has 2 aromatic carbocycles. The SMILES string of the molecule is CC(=O)c1cccc(NC(=O)c2cn(C3CC3)c3cc(N4CCN(C(C)=O)CC4)c(F)cc3c2=O)c1. The number of nitrogens with one attached hydrogen (secondary N) is 1. The maximum atomic E-state index is 15.3. The fourth-order valence-electron chi connectivity index (χ4n) is 4.69. The van der Waals surface area contributed by atoms with Gasteiger partial charge in [0.15, 0.2) is 5.78 Å². The summed E-state index contributed by atoms with van der Waals surface area (Å²) in [5.41, 5.74) is 1.19. The van der Waals surface area contributed by atoms with Crippen LogP contribution >= 0.6 is 0 Å². The molecule has 3 aromatic rings. The van der Waals surface area contributed by atoms with Gasteiger partial charge in [-0.3, -0.25) is 19.2 Å². The zero-order valence-corrected chi connectivity index (χ0v) is 20.2. The van der Waals surface area contributed by atoms with Crippen LogP contribution in [0.25, 0.3) is 10.9 Å². The second-order valence-corrected chi connectivity index (χ2v) is 9.42. The second-order valence-electron chi connectivity index (χ2n) is 9.42. The van der Waals surface area contributed by atoms with Crippen molar-refractivity contribution in [3.63, 3.8) is 0 Å². The van der Waals surface area contributed by atoms with Crippen molar-refractivity contribution in [3.05, 3.63) is 69.8 Å². The second kappa shape index (κ2) is 9.22. The molecule has 1 aliphatic carbocycles. The molecule has 2 heterocycles. The minimum absolute atomic E-state index is 0.00460. The van der Waals surface area contributed by atoms with E-state index in [0.29, 0.717) is 48.6 Å². The van der Waals surface area contributed by atoms with Gasteiger partial charge >= 0.3 is 0 Å². The lowest BCUT2D eigenvalue weighted by Gasteiger charge is -2.36. The third kappa shape index (κ3) is 4.48. The van der Waals surface area contributed by atoms with Gasteiger partial charge in [0.25, 0.3) is 5.91 Å². The van der Waals surface area contributed by atoms with Crippen molar-refractivity contribution in [1.29, 1.82) is 0 Å². The number of fused-ring (bicyclic) bond motifs is 1. The van der Waals surface area contributed by atoms with Gasteiger partial charge in [-0.15, -0.1) is 0 Å². The molecular weight excluding hydrogens is 463 g/mol. The smallest absolute Gasteiger partial charge is 0.261 e. The molecule has 0 radical (unpaired) electrons. The van der Waals surface area contributed by atoms with Crippen molar-refractivity contribution < 1.29 is 18.8 Å². The van der Waals surface area contributed by atoms with Crippen LogP contribution in [0, 0.1) is 5.82 Å². The summed E-state index contributed by atoms with van der Waals surface area (Å²) in [7, 11) is 0. The van der Waals surface area contributed by atoms with Gasteiger partial charge in [0, 0.05) is 62.0 Å². The van der Waals surface area contributed by atoms with Gasteiger partial charge in [-0.25, -0.2) is 4.39 Å². The Hall–Kier alpha value is -4.01. The van der Waals surface area contributed by atoms with Crippen LogP contribution < -0.4 is 15.6 Å². The van der Waals surface area contributed by atoms with E-state index in [0.717, 1.165) is 12.8 Å². The number of nitrogens with zero attached hydrogens (tertiary/aromatic N) is 3. The number of piperazine rings is 1. The summed E-state index contributed by atoms with van der Waals surface area (Å²) in [4.78, 5) is 53.4. The summed E-state index contributed by atoms with van der Waals surface area (Å²) in [6.07, 6.45) is 3.37. The topological polar surface area (TPSA) is 91.7 Å². The predicted molar refractivity (Wildman–Crippen MR) is 135 cm³/mol. The van der Waals surface area contributed by atoms with Crippen molar-refractivity contribution in [2.75, 3.05) is 36.4 Å². The predicted octanol–water partition coefficient (Wildman–Crippen LogP) is 3.60. The number of pyridine rings is 1. The molecule has 0 bridgehead atoms. The zero-order chi connectivity index (χ0) is 25.6. The van der Waals surface area contributed by atoms with Crippen LogP contribution in [0.2, 0.25) is 0 Å². The minimum atomic E-state index is -0.609. The van der Waals surface area contributed by atoms with Crippen LogP contribution in [-0.4, -0.2) is 53.2 Å². The maximum absolute atomic E-state index is 15.3. The molecule has 1 saturated heterocycles. The molecule has 186 valence electrons. The monoisotopic (exact) mass is 490 g/mol. The summed E-state index contributed by atoms with van der Waals surface area (Å²) in [5, 5.41) is 2.85. The number of hydrogen-bond acceptors (Lipinski definition) is 5. The molecule has 5 rings (SSSR count). The van der Waals surface area contributed by atoms with Crippen LogP contribution in [0.5, 0.6) is 0 Å². The van der Waals surface area contributed by atoms with E-state index in [1.165, 1.54) is 19.9 Å². The average Bonchev–Trinajstić information content (AvgIpc) is 3.70. The van der Waals surface area contributed by atoms with Gasteiger partial charge in [0.2, 0.25) is 11.3 Å². The zero-order valence-electron chi connectivity index (χ0n) is 20.2. The molecule has 1 aromatic heterocycles. The molecule has 1 aliphatic heterocycles. The number of ketones is 1. The summed E-state index contributed by atoms with van der Waals surface area (Å²) < 4.78 is 17.2. The lowest BCUT2D eigenvalue weighted by molar-refractivity contribution is -0.129. The number of halogens is 1. The van der Waals surface area contributed by atoms with Crippen LogP contribution in [0.1, 0.15) is 53.4 Å². The number of carbonyl (C=O) groups is 3. The van der Waals surface area contributed by atoms with E-state index in [2.05, 4.69) is 5.32 Å². The van der Waals surface area contributed by atoms with Crippen LogP contribution in [0.3, 0.4) is 0 Å². The number of Topliss-reactive ketones (excluding diaryl/α,β-unsaturated/α-hetero) is 1. The Labute approximate surface area is 207 Å². The highest BCUT2D eigenvalue weighted by Crippen LogP contribution is 2.38. The molecule has 1 saturated carbocycles. The Morgan fingerprint density at radius 3 is 2.36 bits per heavy atom. The highest BCUT2D eigenvalue weighted by atomic mass is 19.1. The van der Waals surface area contributed by atoms with Gasteiger partial charge in [-0.1, -0.05) is 12.1 Å². The molecule has 0 atom stereocenters. The first kappa shape index (κ1) is 23.7. The molecule has 36 heavy (non-hydrogen) atoms. The average molecular weight is 491 g/mol. The molecule has 0 unspecified atom stereocenters. The molecule has 9 heteroatoms. The first-order valence-electron chi connectivity index (χ1n) is 12.0. The summed E-state index contributed by atoms with van der Waals surface area (Å²) in [6.45, 7) is 4.96. The summed E-state index contributed by atoms with van der Waals surface area (Å²) in [5.74, 6) is -1.29. The maximum Gasteiger partial charge on any atom is 0.261 e. The quantitative estimate of drug-likeness (QED) is 0.552. The highest BCUT2D eigenvalue weighted by molar-refractivity contribution is 6.06. The highest BCUT2D eigenvalue weighted by Gasteiger charge is 2.29. The van der Waals surface area contributed by atoms with E-state index in [4.69, 9.17) is 0 Å². The van der Waals surface area contributed by atoms with E-state index in [9.17, 15) is 19.2 Å². The standard InChI is InChI=1S/C27H27FN4O4/c1-16(33)18-4-3-5-19(12-18)29-27(36)22-15-32(20-6-7-20)24-14-25(23(28)13-21(24)26(22)35)31-10-8-30(9-11-31)17(2)34/h3-5,12-15,20H,6-11H2,1-2H3,(H,29,36). The van der Waals surface area contributed by atoms with Gasteiger partial charge in [0.05, 0.1) is 11.2 Å². The Balaban J connectivity index is 1.51. The fourth-order valence-corrected chi connectivity index (χ4v) is 4.69. The van der Waals surface area contributed by atoms with E-state index in [1.54, 1.807) is 41.4 Å². The molecule has 8 nitrogen and oxygen atoms in total. The van der Waals surface area contributed by atoms with Crippen molar-refractivity contribution in [2.24, 2.45) is 0 Å². The van der Waals surface area contributed by atoms with E-state index in [1.807, 2.05) is 9.47 Å². The van der Waals surface area contributed by atoms with Crippen molar-refractivity contribution in [1.82, 2.24) is 9.47 Å². The van der Waals surface area contributed by atoms with E-state index in [-0.39, 0.29) is 28.7 Å². The Bertz CT molecular complexity index is 1450. The number of carbonyl (C=O) groups excluding carboxylic acids is 3. The summed E-state index contributed by atoms with van der Waals surface area (Å²) in [6, 6.07) is 9.54. The molecular formula is C27H27FN4O4. The number of amides is 2. The number of anilines is 2. The van der Waals surface area contributed by atoms with E-state index < -0.39 is 17.2 Å². The molecule has 2 fully saturated rings. The molecule has 1 N–H and O–H groups in total. The lowest BCUT2D eigenvalue weighted by atomic mass is 10.1. The van der Waals surface area contributed by atoms with Gasteiger partial charge in [-0.05, 0) is 44.0 Å². The van der Waals surface area contributed by atoms with Crippen molar-refractivity contribution >= 4 is 39.9 Å². The minimum Gasteiger partial charge on any atom is -0.366 e.